The van der Waals surface area contributed by atoms with E-state index in [2.05, 4.69) is 33.0 Å². The molecule has 0 amide bonds. The zero-order chi connectivity index (χ0) is 14.8. The Labute approximate surface area is 121 Å². The molecule has 1 aliphatic rings. The minimum Gasteiger partial charge on any atom is -0.487 e. The van der Waals surface area contributed by atoms with Crippen LogP contribution in [-0.4, -0.2) is 12.1 Å². The van der Waals surface area contributed by atoms with E-state index >= 15 is 0 Å². The Morgan fingerprint density at radius 3 is 2.85 bits per heavy atom. The summed E-state index contributed by atoms with van der Waals surface area (Å²) in [6, 6.07) is 5.14. The first-order chi connectivity index (χ1) is 9.43. The number of ether oxygens (including phenoxy) is 1. The fourth-order valence-corrected chi connectivity index (χ4v) is 2.91. The van der Waals surface area contributed by atoms with Crippen molar-refractivity contribution < 1.29 is 9.13 Å². The van der Waals surface area contributed by atoms with Gasteiger partial charge >= 0.3 is 0 Å². The predicted octanol–water partition coefficient (Wildman–Crippen LogP) is 4.45. The molecule has 0 radical (unpaired) electrons. The molecule has 0 saturated heterocycles. The molecule has 112 valence electrons. The van der Waals surface area contributed by atoms with Gasteiger partial charge in [-0.25, -0.2) is 4.39 Å². The summed E-state index contributed by atoms with van der Waals surface area (Å²) in [7, 11) is 0. The van der Waals surface area contributed by atoms with Crippen LogP contribution in [0.2, 0.25) is 0 Å². The van der Waals surface area contributed by atoms with Crippen LogP contribution in [0.15, 0.2) is 18.2 Å². The van der Waals surface area contributed by atoms with Gasteiger partial charge in [-0.15, -0.1) is 0 Å². The third kappa shape index (κ3) is 3.51. The Kier molecular flexibility index (Phi) is 4.69. The summed E-state index contributed by atoms with van der Waals surface area (Å²) in [5.74, 6) is 1.13. The lowest BCUT2D eigenvalue weighted by atomic mass is 9.84. The van der Waals surface area contributed by atoms with Crippen LogP contribution in [0.25, 0.3) is 0 Å². The van der Waals surface area contributed by atoms with E-state index in [1.807, 2.05) is 6.07 Å². The van der Waals surface area contributed by atoms with Gasteiger partial charge in [0.25, 0.3) is 0 Å². The summed E-state index contributed by atoms with van der Waals surface area (Å²) in [6.45, 7) is 9.60. The summed E-state index contributed by atoms with van der Waals surface area (Å²) in [6.07, 6.45) is 3.06. The molecule has 0 aliphatic carbocycles. The van der Waals surface area contributed by atoms with Crippen LogP contribution >= 0.6 is 0 Å². The second-order valence-electron chi connectivity index (χ2n) is 6.48. The van der Waals surface area contributed by atoms with Crippen molar-refractivity contribution in [3.63, 3.8) is 0 Å². The van der Waals surface area contributed by atoms with Crippen LogP contribution in [-0.2, 0) is 0 Å². The molecule has 0 aromatic heterocycles. The minimum absolute atomic E-state index is 0.210. The maximum absolute atomic E-state index is 13.5. The Hall–Kier alpha value is -1.09. The topological polar surface area (TPSA) is 21.3 Å². The fourth-order valence-electron chi connectivity index (χ4n) is 2.91. The molecule has 1 aliphatic heterocycles. The highest BCUT2D eigenvalue weighted by molar-refractivity contribution is 5.39. The molecular formula is C17H26FNO. The fraction of sp³-hybridized carbons (Fsp3) is 0.647. The van der Waals surface area contributed by atoms with E-state index in [-0.39, 0.29) is 17.5 Å². The molecule has 0 spiro atoms. The van der Waals surface area contributed by atoms with E-state index in [0.29, 0.717) is 11.7 Å². The highest BCUT2D eigenvalue weighted by atomic mass is 19.1. The van der Waals surface area contributed by atoms with Gasteiger partial charge in [0.05, 0.1) is 0 Å². The van der Waals surface area contributed by atoms with Crippen molar-refractivity contribution in [2.45, 2.75) is 58.6 Å². The maximum Gasteiger partial charge on any atom is 0.127 e. The van der Waals surface area contributed by atoms with E-state index in [9.17, 15) is 4.39 Å². The van der Waals surface area contributed by atoms with E-state index < -0.39 is 0 Å². The van der Waals surface area contributed by atoms with Gasteiger partial charge in [-0.3, -0.25) is 0 Å². The SMILES string of the molecule is CCNC1CC(C)(CCC(C)C)Oc2cc(F)ccc21. The standard InChI is InChI=1S/C17H26FNO/c1-5-19-15-11-17(4,9-8-12(2)3)20-16-10-13(18)6-7-14(15)16/h6-7,10,12,15,19H,5,8-9,11H2,1-4H3. The molecule has 2 atom stereocenters. The smallest absolute Gasteiger partial charge is 0.127 e. The Balaban J connectivity index is 2.24. The van der Waals surface area contributed by atoms with Crippen molar-refractivity contribution in [2.24, 2.45) is 5.92 Å². The van der Waals surface area contributed by atoms with Gasteiger partial charge in [0.2, 0.25) is 0 Å². The van der Waals surface area contributed by atoms with E-state index in [4.69, 9.17) is 4.74 Å². The molecule has 2 nitrogen and oxygen atoms in total. The zero-order valence-corrected chi connectivity index (χ0v) is 13.0. The molecule has 1 heterocycles. The lowest BCUT2D eigenvalue weighted by Crippen LogP contribution is -2.42. The van der Waals surface area contributed by atoms with Crippen LogP contribution in [0, 0.1) is 11.7 Å². The monoisotopic (exact) mass is 279 g/mol. The summed E-state index contributed by atoms with van der Waals surface area (Å²) in [5, 5.41) is 3.50. The van der Waals surface area contributed by atoms with Crippen LogP contribution in [0.1, 0.15) is 58.6 Å². The number of halogens is 1. The average Bonchev–Trinajstić information content (AvgIpc) is 2.36. The van der Waals surface area contributed by atoms with Gasteiger partial charge in [-0.05, 0) is 38.3 Å². The first kappa shape index (κ1) is 15.3. The predicted molar refractivity (Wildman–Crippen MR) is 80.5 cm³/mol. The molecule has 2 rings (SSSR count). The molecule has 1 aromatic rings. The number of rotatable bonds is 5. The summed E-state index contributed by atoms with van der Waals surface area (Å²) in [5.41, 5.74) is 0.869. The second-order valence-corrected chi connectivity index (χ2v) is 6.48. The summed E-state index contributed by atoms with van der Waals surface area (Å²) < 4.78 is 19.6. The number of fused-ring (bicyclic) bond motifs is 1. The number of hydrogen-bond donors (Lipinski definition) is 1. The lowest BCUT2D eigenvalue weighted by molar-refractivity contribution is 0.0347. The Morgan fingerprint density at radius 2 is 2.20 bits per heavy atom. The van der Waals surface area contributed by atoms with Crippen molar-refractivity contribution in [1.29, 1.82) is 0 Å². The van der Waals surface area contributed by atoms with Gasteiger partial charge in [-0.1, -0.05) is 26.8 Å². The molecule has 1 N–H and O–H groups in total. The Bertz CT molecular complexity index is 460. The molecule has 3 heteroatoms. The highest BCUT2D eigenvalue weighted by Gasteiger charge is 2.36. The molecule has 0 saturated carbocycles. The largest absolute Gasteiger partial charge is 0.487 e. The normalized spacial score (nSPS) is 25.4. The third-order valence-corrected chi connectivity index (χ3v) is 4.04. The van der Waals surface area contributed by atoms with Crippen molar-refractivity contribution >= 4 is 0 Å². The van der Waals surface area contributed by atoms with Gasteiger partial charge in [0.15, 0.2) is 0 Å². The van der Waals surface area contributed by atoms with E-state index in [0.717, 1.165) is 31.4 Å². The highest BCUT2D eigenvalue weighted by Crippen LogP contribution is 2.42. The summed E-state index contributed by atoms with van der Waals surface area (Å²) >= 11 is 0. The zero-order valence-electron chi connectivity index (χ0n) is 13.0. The van der Waals surface area contributed by atoms with Gasteiger partial charge in [0, 0.05) is 24.1 Å². The number of benzene rings is 1. The number of nitrogens with one attached hydrogen (secondary N) is 1. The molecular weight excluding hydrogens is 253 g/mol. The third-order valence-electron chi connectivity index (χ3n) is 4.04. The first-order valence-electron chi connectivity index (χ1n) is 7.65. The first-order valence-corrected chi connectivity index (χ1v) is 7.65. The van der Waals surface area contributed by atoms with Crippen LogP contribution in [0.3, 0.4) is 0 Å². The molecule has 2 unspecified atom stereocenters. The lowest BCUT2D eigenvalue weighted by Gasteiger charge is -2.40. The Morgan fingerprint density at radius 1 is 1.45 bits per heavy atom. The average molecular weight is 279 g/mol. The van der Waals surface area contributed by atoms with Crippen molar-refractivity contribution in [3.05, 3.63) is 29.6 Å². The molecule has 0 fully saturated rings. The number of hydrogen-bond acceptors (Lipinski definition) is 2. The molecule has 0 bridgehead atoms. The maximum atomic E-state index is 13.5. The molecule has 1 aromatic carbocycles. The van der Waals surface area contributed by atoms with Crippen LogP contribution in [0.4, 0.5) is 4.39 Å². The van der Waals surface area contributed by atoms with Crippen LogP contribution in [0.5, 0.6) is 5.75 Å². The quantitative estimate of drug-likeness (QED) is 0.859. The minimum atomic E-state index is -0.230. The van der Waals surface area contributed by atoms with E-state index in [1.165, 1.54) is 12.1 Å². The van der Waals surface area contributed by atoms with Crippen LogP contribution < -0.4 is 10.1 Å². The van der Waals surface area contributed by atoms with Gasteiger partial charge in [0.1, 0.15) is 17.2 Å². The second kappa shape index (κ2) is 6.13. The van der Waals surface area contributed by atoms with Gasteiger partial charge in [-0.2, -0.15) is 0 Å². The summed E-state index contributed by atoms with van der Waals surface area (Å²) in [4.78, 5) is 0. The van der Waals surface area contributed by atoms with Gasteiger partial charge < -0.3 is 10.1 Å². The van der Waals surface area contributed by atoms with Crippen molar-refractivity contribution in [3.8, 4) is 5.75 Å². The molecule has 20 heavy (non-hydrogen) atoms. The van der Waals surface area contributed by atoms with Crippen molar-refractivity contribution in [2.75, 3.05) is 6.54 Å². The van der Waals surface area contributed by atoms with E-state index in [1.54, 1.807) is 0 Å². The van der Waals surface area contributed by atoms with Crippen molar-refractivity contribution in [1.82, 2.24) is 5.32 Å².